The van der Waals surface area contributed by atoms with Gasteiger partial charge in [0, 0.05) is 17.3 Å². The number of anilines is 1. The Morgan fingerprint density at radius 3 is 3.06 bits per heavy atom. The molecule has 2 N–H and O–H groups in total. The first kappa shape index (κ1) is 12.0. The number of pyridine rings is 1. The normalized spacial score (nSPS) is 10.6. The number of benzene rings is 1. The molecule has 1 heterocycles. The van der Waals surface area contributed by atoms with E-state index in [0.717, 1.165) is 41.1 Å². The zero-order valence-corrected chi connectivity index (χ0v) is 10.7. The molecule has 2 aromatic rings. The molecule has 0 bridgehead atoms. The van der Waals surface area contributed by atoms with Crippen molar-refractivity contribution >= 4 is 28.4 Å². The maximum Gasteiger partial charge on any atom is 0.145 e. The Balaban J connectivity index is 2.20. The molecule has 1 aromatic carbocycles. The van der Waals surface area contributed by atoms with E-state index < -0.39 is 0 Å². The zero-order chi connectivity index (χ0) is 12.1. The number of hydrogen-bond donors (Lipinski definition) is 1. The Hall–Kier alpha value is -1.42. The van der Waals surface area contributed by atoms with Crippen molar-refractivity contribution in [2.75, 3.05) is 24.3 Å². The number of rotatable bonds is 5. The second kappa shape index (κ2) is 5.77. The van der Waals surface area contributed by atoms with Crippen molar-refractivity contribution in [1.29, 1.82) is 0 Å². The first-order chi connectivity index (χ1) is 8.33. The second-order valence-electron chi connectivity index (χ2n) is 3.75. The molecule has 0 spiro atoms. The monoisotopic (exact) mass is 248 g/mol. The van der Waals surface area contributed by atoms with Crippen LogP contribution in [0.3, 0.4) is 0 Å². The quantitative estimate of drug-likeness (QED) is 0.653. The number of nitrogen functional groups attached to an aromatic ring is 1. The van der Waals surface area contributed by atoms with Crippen LogP contribution in [0.1, 0.15) is 6.42 Å². The van der Waals surface area contributed by atoms with Gasteiger partial charge in [0.25, 0.3) is 0 Å². The average molecular weight is 248 g/mol. The number of nitrogens with two attached hydrogens (primary N) is 1. The van der Waals surface area contributed by atoms with Gasteiger partial charge in [-0.25, -0.2) is 0 Å². The summed E-state index contributed by atoms with van der Waals surface area (Å²) in [5.41, 5.74) is 7.49. The maximum absolute atomic E-state index is 5.90. The molecular formula is C13H16N2OS. The maximum atomic E-state index is 5.90. The third kappa shape index (κ3) is 2.82. The Labute approximate surface area is 105 Å². The molecule has 0 aliphatic carbocycles. The largest absolute Gasteiger partial charge is 0.491 e. The summed E-state index contributed by atoms with van der Waals surface area (Å²) in [7, 11) is 0. The molecule has 90 valence electrons. The number of aromatic nitrogens is 1. The molecule has 17 heavy (non-hydrogen) atoms. The molecule has 0 aliphatic heterocycles. The van der Waals surface area contributed by atoms with Gasteiger partial charge in [-0.05, 0) is 42.7 Å². The van der Waals surface area contributed by atoms with E-state index in [1.807, 2.05) is 36.0 Å². The topological polar surface area (TPSA) is 48.1 Å². The summed E-state index contributed by atoms with van der Waals surface area (Å²) in [6.07, 6.45) is 4.90. The molecule has 4 heteroatoms. The van der Waals surface area contributed by atoms with Gasteiger partial charge in [0.1, 0.15) is 11.3 Å². The van der Waals surface area contributed by atoms with Crippen LogP contribution in [0.5, 0.6) is 5.75 Å². The lowest BCUT2D eigenvalue weighted by molar-refractivity contribution is 0.322. The highest BCUT2D eigenvalue weighted by atomic mass is 32.2. The van der Waals surface area contributed by atoms with Crippen LogP contribution < -0.4 is 10.5 Å². The fourth-order valence-corrected chi connectivity index (χ4v) is 2.08. The molecule has 0 fully saturated rings. The molecule has 0 saturated heterocycles. The molecule has 0 atom stereocenters. The molecule has 2 rings (SSSR count). The smallest absolute Gasteiger partial charge is 0.145 e. The summed E-state index contributed by atoms with van der Waals surface area (Å²) in [6.45, 7) is 0.719. The van der Waals surface area contributed by atoms with E-state index in [4.69, 9.17) is 10.5 Å². The highest BCUT2D eigenvalue weighted by Crippen LogP contribution is 2.28. The van der Waals surface area contributed by atoms with Gasteiger partial charge < -0.3 is 10.5 Å². The van der Waals surface area contributed by atoms with E-state index in [0.29, 0.717) is 0 Å². The van der Waals surface area contributed by atoms with Gasteiger partial charge in [0.15, 0.2) is 0 Å². The number of nitrogens with zero attached hydrogens (tertiary/aromatic N) is 1. The third-order valence-electron chi connectivity index (χ3n) is 2.52. The van der Waals surface area contributed by atoms with Crippen LogP contribution in [0, 0.1) is 0 Å². The molecule has 3 nitrogen and oxygen atoms in total. The number of hydrogen-bond acceptors (Lipinski definition) is 4. The van der Waals surface area contributed by atoms with E-state index in [1.165, 1.54) is 0 Å². The Morgan fingerprint density at radius 1 is 1.35 bits per heavy atom. The van der Waals surface area contributed by atoms with Crippen LogP contribution in [0.4, 0.5) is 5.69 Å². The van der Waals surface area contributed by atoms with Gasteiger partial charge in [0.2, 0.25) is 0 Å². The summed E-state index contributed by atoms with van der Waals surface area (Å²) in [4.78, 5) is 4.33. The zero-order valence-electron chi connectivity index (χ0n) is 9.85. The summed E-state index contributed by atoms with van der Waals surface area (Å²) >= 11 is 1.83. The lowest BCUT2D eigenvalue weighted by atomic mass is 10.2. The van der Waals surface area contributed by atoms with Gasteiger partial charge in [-0.2, -0.15) is 11.8 Å². The predicted octanol–water partition coefficient (Wildman–Crippen LogP) is 2.95. The number of thioether (sulfide) groups is 1. The van der Waals surface area contributed by atoms with Crippen molar-refractivity contribution < 1.29 is 4.74 Å². The highest BCUT2D eigenvalue weighted by molar-refractivity contribution is 7.98. The predicted molar refractivity (Wildman–Crippen MR) is 74.6 cm³/mol. The minimum atomic E-state index is 0.719. The van der Waals surface area contributed by atoms with E-state index >= 15 is 0 Å². The van der Waals surface area contributed by atoms with Crippen molar-refractivity contribution in [2.45, 2.75) is 6.42 Å². The van der Waals surface area contributed by atoms with Crippen LogP contribution in [-0.4, -0.2) is 23.6 Å². The molecule has 0 radical (unpaired) electrons. The van der Waals surface area contributed by atoms with E-state index in [9.17, 15) is 0 Å². The molecule has 0 saturated carbocycles. The molecule has 0 aliphatic rings. The Kier molecular flexibility index (Phi) is 4.09. The molecular weight excluding hydrogens is 232 g/mol. The lowest BCUT2D eigenvalue weighted by Gasteiger charge is -2.09. The van der Waals surface area contributed by atoms with Crippen LogP contribution in [0.2, 0.25) is 0 Å². The van der Waals surface area contributed by atoms with Gasteiger partial charge in [-0.15, -0.1) is 0 Å². The van der Waals surface area contributed by atoms with E-state index in [2.05, 4.69) is 11.2 Å². The van der Waals surface area contributed by atoms with Crippen molar-refractivity contribution in [1.82, 2.24) is 4.98 Å². The summed E-state index contributed by atoms with van der Waals surface area (Å²) in [6, 6.07) is 7.61. The first-order valence-corrected chi connectivity index (χ1v) is 6.97. The fourth-order valence-electron chi connectivity index (χ4n) is 1.67. The molecule has 1 aromatic heterocycles. The van der Waals surface area contributed by atoms with E-state index in [-0.39, 0.29) is 0 Å². The minimum Gasteiger partial charge on any atom is -0.491 e. The van der Waals surface area contributed by atoms with Crippen LogP contribution >= 0.6 is 11.8 Å². The average Bonchev–Trinajstić information content (AvgIpc) is 2.37. The van der Waals surface area contributed by atoms with Crippen molar-refractivity contribution in [3.8, 4) is 5.75 Å². The molecule has 0 unspecified atom stereocenters. The first-order valence-electron chi connectivity index (χ1n) is 5.58. The Morgan fingerprint density at radius 2 is 2.24 bits per heavy atom. The van der Waals surface area contributed by atoms with Crippen LogP contribution in [0.15, 0.2) is 30.5 Å². The SMILES string of the molecule is CSCCCOc1ccc(N)c2cccnc12. The van der Waals surface area contributed by atoms with E-state index in [1.54, 1.807) is 6.20 Å². The number of ether oxygens (including phenoxy) is 1. The lowest BCUT2D eigenvalue weighted by Crippen LogP contribution is -2.00. The van der Waals surface area contributed by atoms with Gasteiger partial charge in [0.05, 0.1) is 6.61 Å². The summed E-state index contributed by atoms with van der Waals surface area (Å²) < 4.78 is 5.74. The highest BCUT2D eigenvalue weighted by Gasteiger charge is 2.05. The van der Waals surface area contributed by atoms with Gasteiger partial charge in [-0.1, -0.05) is 0 Å². The van der Waals surface area contributed by atoms with Crippen molar-refractivity contribution in [3.05, 3.63) is 30.5 Å². The Bertz CT molecular complexity index is 502. The van der Waals surface area contributed by atoms with Crippen LogP contribution in [-0.2, 0) is 0 Å². The van der Waals surface area contributed by atoms with Gasteiger partial charge >= 0.3 is 0 Å². The summed E-state index contributed by atoms with van der Waals surface area (Å²) in [5, 5.41) is 0.954. The minimum absolute atomic E-state index is 0.719. The third-order valence-corrected chi connectivity index (χ3v) is 3.21. The van der Waals surface area contributed by atoms with Crippen LogP contribution in [0.25, 0.3) is 10.9 Å². The number of fused-ring (bicyclic) bond motifs is 1. The van der Waals surface area contributed by atoms with Crippen molar-refractivity contribution in [3.63, 3.8) is 0 Å². The second-order valence-corrected chi connectivity index (χ2v) is 4.73. The fraction of sp³-hybridized carbons (Fsp3) is 0.308. The molecule has 0 amide bonds. The van der Waals surface area contributed by atoms with Crippen molar-refractivity contribution in [2.24, 2.45) is 0 Å². The summed E-state index contributed by atoms with van der Waals surface area (Å²) in [5.74, 6) is 1.93. The van der Waals surface area contributed by atoms with Gasteiger partial charge in [-0.3, -0.25) is 4.98 Å². The standard InChI is InChI=1S/C13H16N2OS/c1-17-9-3-8-16-12-6-5-11(14)10-4-2-7-15-13(10)12/h2,4-7H,3,8-9,14H2,1H3.